The number of fused-ring (bicyclic) bond motifs is 1. The van der Waals surface area contributed by atoms with E-state index in [0.717, 1.165) is 16.8 Å². The molecule has 3 heteroatoms. The molecule has 0 saturated heterocycles. The third kappa shape index (κ3) is 1.52. The Hall–Kier alpha value is -2.73. The third-order valence-corrected chi connectivity index (χ3v) is 3.77. The van der Waals surface area contributed by atoms with Crippen molar-refractivity contribution < 1.29 is 4.79 Å². The summed E-state index contributed by atoms with van der Waals surface area (Å²) in [4.78, 5) is 13.8. The second-order valence-electron chi connectivity index (χ2n) is 4.76. The second-order valence-corrected chi connectivity index (χ2v) is 4.76. The molecule has 0 fully saturated rings. The van der Waals surface area contributed by atoms with Gasteiger partial charge in [-0.25, -0.2) is 4.79 Å². The van der Waals surface area contributed by atoms with Gasteiger partial charge in [-0.2, -0.15) is 0 Å². The molecule has 1 aliphatic rings. The van der Waals surface area contributed by atoms with Crippen molar-refractivity contribution in [1.82, 2.24) is 4.90 Å². The maximum absolute atomic E-state index is 12.2. The number of hydrogen-bond donors (Lipinski definition) is 1. The molecule has 20 heavy (non-hydrogen) atoms. The van der Waals surface area contributed by atoms with Gasteiger partial charge in [0.1, 0.15) is 0 Å². The first-order valence-electron chi connectivity index (χ1n) is 6.38. The fourth-order valence-corrected chi connectivity index (χ4v) is 2.73. The molecule has 0 bridgehead atoms. The van der Waals surface area contributed by atoms with Crippen LogP contribution in [0.15, 0.2) is 54.6 Å². The van der Waals surface area contributed by atoms with Crippen LogP contribution in [0.4, 0.5) is 10.5 Å². The molecule has 3 rings (SSSR count). The van der Waals surface area contributed by atoms with Crippen LogP contribution in [-0.4, -0.2) is 18.0 Å². The fraction of sp³-hybridized carbons (Fsp3) is 0.118. The topological polar surface area (TPSA) is 32.3 Å². The van der Waals surface area contributed by atoms with Crippen molar-refractivity contribution >= 4 is 11.7 Å². The number of benzene rings is 2. The Morgan fingerprint density at radius 3 is 2.45 bits per heavy atom. The van der Waals surface area contributed by atoms with Crippen molar-refractivity contribution in [1.29, 1.82) is 0 Å². The predicted molar refractivity (Wildman–Crippen MR) is 79.3 cm³/mol. The summed E-state index contributed by atoms with van der Waals surface area (Å²) >= 11 is 0. The maximum Gasteiger partial charge on any atom is 0.323 e. The number of nitrogens with one attached hydrogen (secondary N) is 1. The minimum Gasteiger partial charge on any atom is -0.307 e. The smallest absolute Gasteiger partial charge is 0.307 e. The fourth-order valence-electron chi connectivity index (χ4n) is 2.73. The Morgan fingerprint density at radius 2 is 1.75 bits per heavy atom. The number of amides is 2. The molecule has 0 saturated carbocycles. The van der Waals surface area contributed by atoms with Crippen LogP contribution in [0.2, 0.25) is 0 Å². The largest absolute Gasteiger partial charge is 0.323 e. The lowest BCUT2D eigenvalue weighted by atomic mass is 9.80. The van der Waals surface area contributed by atoms with E-state index in [1.807, 2.05) is 54.6 Å². The first-order valence-corrected chi connectivity index (χ1v) is 6.38. The quantitative estimate of drug-likeness (QED) is 0.787. The lowest BCUT2D eigenvalue weighted by Crippen LogP contribution is -2.52. The van der Waals surface area contributed by atoms with Crippen LogP contribution in [-0.2, 0) is 5.54 Å². The molecular formula is C17H14N2O. The van der Waals surface area contributed by atoms with E-state index in [0.29, 0.717) is 0 Å². The number of hydrogen-bond acceptors (Lipinski definition) is 1. The summed E-state index contributed by atoms with van der Waals surface area (Å²) in [6, 6.07) is 17.1. The van der Waals surface area contributed by atoms with Gasteiger partial charge in [-0.1, -0.05) is 54.5 Å². The predicted octanol–water partition coefficient (Wildman–Crippen LogP) is 3.04. The van der Waals surface area contributed by atoms with Crippen LogP contribution in [0.5, 0.6) is 0 Å². The van der Waals surface area contributed by atoms with Crippen molar-refractivity contribution in [3.05, 3.63) is 65.7 Å². The molecule has 1 aliphatic heterocycles. The molecule has 1 atom stereocenters. The highest BCUT2D eigenvalue weighted by atomic mass is 16.2. The van der Waals surface area contributed by atoms with Crippen LogP contribution in [0.1, 0.15) is 11.1 Å². The maximum atomic E-state index is 12.2. The summed E-state index contributed by atoms with van der Waals surface area (Å²) in [6.07, 6.45) is 5.87. The van der Waals surface area contributed by atoms with Crippen molar-refractivity contribution in [3.8, 4) is 12.3 Å². The highest BCUT2D eigenvalue weighted by molar-refractivity contribution is 5.95. The van der Waals surface area contributed by atoms with Crippen LogP contribution in [0, 0.1) is 12.3 Å². The first-order chi connectivity index (χ1) is 9.70. The monoisotopic (exact) mass is 262 g/mol. The zero-order valence-corrected chi connectivity index (χ0v) is 11.1. The van der Waals surface area contributed by atoms with E-state index in [1.165, 1.54) is 0 Å². The molecule has 2 aromatic rings. The van der Waals surface area contributed by atoms with E-state index < -0.39 is 5.54 Å². The molecule has 0 spiro atoms. The van der Waals surface area contributed by atoms with Crippen molar-refractivity contribution in [3.63, 3.8) is 0 Å². The van der Waals surface area contributed by atoms with Gasteiger partial charge in [0.15, 0.2) is 5.54 Å². The van der Waals surface area contributed by atoms with Gasteiger partial charge in [-0.3, -0.25) is 0 Å². The molecule has 1 heterocycles. The summed E-state index contributed by atoms with van der Waals surface area (Å²) < 4.78 is 0. The van der Waals surface area contributed by atoms with E-state index in [9.17, 15) is 4.79 Å². The summed E-state index contributed by atoms with van der Waals surface area (Å²) in [5.74, 6) is 2.84. The van der Waals surface area contributed by atoms with Crippen LogP contribution >= 0.6 is 0 Å². The van der Waals surface area contributed by atoms with Gasteiger partial charge >= 0.3 is 6.03 Å². The van der Waals surface area contributed by atoms with Crippen molar-refractivity contribution in [2.45, 2.75) is 5.54 Å². The van der Waals surface area contributed by atoms with Crippen molar-refractivity contribution in [2.75, 3.05) is 12.4 Å². The lowest BCUT2D eigenvalue weighted by Gasteiger charge is -2.43. The average molecular weight is 262 g/mol. The highest BCUT2D eigenvalue weighted by Crippen LogP contribution is 2.41. The molecule has 1 unspecified atom stereocenters. The van der Waals surface area contributed by atoms with Gasteiger partial charge in [-0.05, 0) is 11.6 Å². The van der Waals surface area contributed by atoms with Gasteiger partial charge in [0, 0.05) is 18.3 Å². The average Bonchev–Trinajstić information content (AvgIpc) is 2.50. The molecule has 3 nitrogen and oxygen atoms in total. The van der Waals surface area contributed by atoms with Crippen LogP contribution in [0.3, 0.4) is 0 Å². The van der Waals surface area contributed by atoms with Crippen LogP contribution in [0.25, 0.3) is 0 Å². The standard InChI is InChI=1S/C17H14N2O/c1-3-17(13-9-5-4-6-10-13)14-11-7-8-12-15(14)18-16(20)19(17)2/h1,4-12H,2H3,(H,18,20). The Kier molecular flexibility index (Phi) is 2.73. The number of urea groups is 1. The number of anilines is 1. The molecule has 0 radical (unpaired) electrons. The summed E-state index contributed by atoms with van der Waals surface area (Å²) in [5, 5.41) is 2.86. The third-order valence-electron chi connectivity index (χ3n) is 3.77. The Balaban J connectivity index is 2.34. The van der Waals surface area contributed by atoms with E-state index in [-0.39, 0.29) is 6.03 Å². The minimum absolute atomic E-state index is 0.203. The van der Waals surface area contributed by atoms with Gasteiger partial charge in [-0.15, -0.1) is 6.42 Å². The van der Waals surface area contributed by atoms with E-state index in [2.05, 4.69) is 11.2 Å². The summed E-state index contributed by atoms with van der Waals surface area (Å²) in [5.41, 5.74) is 1.71. The first kappa shape index (κ1) is 12.3. The van der Waals surface area contributed by atoms with Gasteiger partial charge in [0.2, 0.25) is 0 Å². The molecule has 1 N–H and O–H groups in total. The van der Waals surface area contributed by atoms with Gasteiger partial charge in [0.05, 0.1) is 0 Å². The molecule has 2 aromatic carbocycles. The SMILES string of the molecule is C#CC1(c2ccccc2)c2ccccc2NC(=O)N1C. The molecular weight excluding hydrogens is 248 g/mol. The Morgan fingerprint density at radius 1 is 1.10 bits per heavy atom. The number of carbonyl (C=O) groups excluding carboxylic acids is 1. The molecule has 0 aromatic heterocycles. The number of nitrogens with zero attached hydrogens (tertiary/aromatic N) is 1. The minimum atomic E-state index is -0.875. The normalized spacial score (nSPS) is 20.8. The number of terminal acetylenes is 1. The van der Waals surface area contributed by atoms with E-state index in [1.54, 1.807) is 11.9 Å². The number of para-hydroxylation sites is 1. The van der Waals surface area contributed by atoms with Crippen LogP contribution < -0.4 is 5.32 Å². The molecule has 2 amide bonds. The van der Waals surface area contributed by atoms with Crippen molar-refractivity contribution in [2.24, 2.45) is 0 Å². The summed E-state index contributed by atoms with van der Waals surface area (Å²) in [6.45, 7) is 0. The lowest BCUT2D eigenvalue weighted by molar-refractivity contribution is 0.191. The molecule has 0 aliphatic carbocycles. The summed E-state index contributed by atoms with van der Waals surface area (Å²) in [7, 11) is 1.72. The Labute approximate surface area is 118 Å². The number of carbonyl (C=O) groups is 1. The number of rotatable bonds is 1. The zero-order chi connectivity index (χ0) is 14.2. The van der Waals surface area contributed by atoms with Gasteiger partial charge in [0.25, 0.3) is 0 Å². The second kappa shape index (κ2) is 4.43. The molecule has 98 valence electrons. The Bertz CT molecular complexity index is 702. The highest BCUT2D eigenvalue weighted by Gasteiger charge is 2.44. The van der Waals surface area contributed by atoms with Gasteiger partial charge < -0.3 is 10.2 Å². The van der Waals surface area contributed by atoms with E-state index in [4.69, 9.17) is 6.42 Å². The van der Waals surface area contributed by atoms with E-state index >= 15 is 0 Å². The zero-order valence-electron chi connectivity index (χ0n) is 11.1.